The van der Waals surface area contributed by atoms with Crippen LogP contribution in [-0.2, 0) is 7.05 Å². The van der Waals surface area contributed by atoms with Crippen molar-refractivity contribution < 1.29 is 8.81 Å². The molecule has 0 saturated carbocycles. The van der Waals surface area contributed by atoms with Gasteiger partial charge in [-0.15, -0.1) is 0 Å². The standard InChI is InChI=1S/C19H14ClFN2O/c1-11-18(14-8-7-12(21)9-16(14)20)19(23(2)22-11)15-10-24-17-6-4-3-5-13(15)17/h3-10H,1-2H3. The number of rotatable bonds is 2. The van der Waals surface area contributed by atoms with Gasteiger partial charge in [-0.05, 0) is 31.2 Å². The van der Waals surface area contributed by atoms with E-state index in [1.54, 1.807) is 12.3 Å². The number of fused-ring (bicyclic) bond motifs is 1. The molecule has 2 heterocycles. The van der Waals surface area contributed by atoms with E-state index < -0.39 is 0 Å². The van der Waals surface area contributed by atoms with Crippen molar-refractivity contribution in [1.82, 2.24) is 9.78 Å². The van der Waals surface area contributed by atoms with Gasteiger partial charge in [0.15, 0.2) is 0 Å². The fourth-order valence-electron chi connectivity index (χ4n) is 3.14. The zero-order valence-electron chi connectivity index (χ0n) is 13.2. The number of aryl methyl sites for hydroxylation is 2. The number of aromatic nitrogens is 2. The van der Waals surface area contributed by atoms with Crippen LogP contribution in [0, 0.1) is 12.7 Å². The lowest BCUT2D eigenvalue weighted by molar-refractivity contribution is 0.616. The Kier molecular flexibility index (Phi) is 3.43. The third kappa shape index (κ3) is 2.22. The Morgan fingerprint density at radius 2 is 1.92 bits per heavy atom. The van der Waals surface area contributed by atoms with Gasteiger partial charge in [0.05, 0.1) is 16.4 Å². The van der Waals surface area contributed by atoms with E-state index in [1.807, 2.05) is 42.9 Å². The number of halogens is 2. The van der Waals surface area contributed by atoms with Gasteiger partial charge < -0.3 is 4.42 Å². The monoisotopic (exact) mass is 340 g/mol. The van der Waals surface area contributed by atoms with Gasteiger partial charge in [-0.3, -0.25) is 4.68 Å². The predicted molar refractivity (Wildman–Crippen MR) is 93.6 cm³/mol. The second-order valence-electron chi connectivity index (χ2n) is 5.70. The van der Waals surface area contributed by atoms with E-state index in [4.69, 9.17) is 16.0 Å². The zero-order chi connectivity index (χ0) is 16.8. The Balaban J connectivity index is 2.04. The van der Waals surface area contributed by atoms with Gasteiger partial charge in [0, 0.05) is 29.1 Å². The van der Waals surface area contributed by atoms with Crippen LogP contribution in [0.25, 0.3) is 33.4 Å². The molecule has 0 spiro atoms. The van der Waals surface area contributed by atoms with Gasteiger partial charge in [0.1, 0.15) is 17.7 Å². The highest BCUT2D eigenvalue weighted by Crippen LogP contribution is 2.41. The quantitative estimate of drug-likeness (QED) is 0.475. The van der Waals surface area contributed by atoms with Gasteiger partial charge in [-0.2, -0.15) is 5.10 Å². The lowest BCUT2D eigenvalue weighted by atomic mass is 9.98. The van der Waals surface area contributed by atoms with E-state index in [9.17, 15) is 4.39 Å². The zero-order valence-corrected chi connectivity index (χ0v) is 13.9. The van der Waals surface area contributed by atoms with Crippen molar-refractivity contribution >= 4 is 22.6 Å². The highest BCUT2D eigenvalue weighted by molar-refractivity contribution is 6.33. The Hall–Kier alpha value is -2.59. The van der Waals surface area contributed by atoms with Crippen LogP contribution >= 0.6 is 11.6 Å². The Bertz CT molecular complexity index is 1060. The summed E-state index contributed by atoms with van der Waals surface area (Å²) in [7, 11) is 1.88. The van der Waals surface area contributed by atoms with Gasteiger partial charge in [0.2, 0.25) is 0 Å². The molecule has 2 aromatic heterocycles. The van der Waals surface area contributed by atoms with Gasteiger partial charge in [0.25, 0.3) is 0 Å². The summed E-state index contributed by atoms with van der Waals surface area (Å²) in [5.41, 5.74) is 5.10. The van der Waals surface area contributed by atoms with Crippen LogP contribution in [0.1, 0.15) is 5.69 Å². The topological polar surface area (TPSA) is 31.0 Å². The Morgan fingerprint density at radius 3 is 2.71 bits per heavy atom. The largest absolute Gasteiger partial charge is 0.464 e. The maximum atomic E-state index is 13.4. The number of para-hydroxylation sites is 1. The molecule has 24 heavy (non-hydrogen) atoms. The van der Waals surface area contributed by atoms with E-state index in [0.717, 1.165) is 39.0 Å². The third-order valence-electron chi connectivity index (χ3n) is 4.16. The lowest BCUT2D eigenvalue weighted by Crippen LogP contribution is -1.94. The van der Waals surface area contributed by atoms with E-state index in [-0.39, 0.29) is 5.82 Å². The highest BCUT2D eigenvalue weighted by atomic mass is 35.5. The minimum absolute atomic E-state index is 0.361. The Labute approximate surface area is 143 Å². The molecule has 0 aliphatic heterocycles. The molecule has 120 valence electrons. The molecule has 0 radical (unpaired) electrons. The van der Waals surface area contributed by atoms with Crippen LogP contribution in [0.4, 0.5) is 4.39 Å². The molecule has 0 bridgehead atoms. The average Bonchev–Trinajstić information content (AvgIpc) is 3.08. The third-order valence-corrected chi connectivity index (χ3v) is 4.47. The first-order valence-corrected chi connectivity index (χ1v) is 7.89. The van der Waals surface area contributed by atoms with Gasteiger partial charge in [-0.25, -0.2) is 4.39 Å². The summed E-state index contributed by atoms with van der Waals surface area (Å²) in [5, 5.41) is 5.90. The number of benzene rings is 2. The molecular weight excluding hydrogens is 327 g/mol. The van der Waals surface area contributed by atoms with E-state index in [2.05, 4.69) is 5.10 Å². The molecule has 5 heteroatoms. The first-order valence-electron chi connectivity index (χ1n) is 7.52. The molecular formula is C19H14ClFN2O. The molecule has 4 aromatic rings. The number of hydrogen-bond acceptors (Lipinski definition) is 2. The summed E-state index contributed by atoms with van der Waals surface area (Å²) in [6, 6.07) is 12.2. The van der Waals surface area contributed by atoms with E-state index in [1.165, 1.54) is 12.1 Å². The van der Waals surface area contributed by atoms with Crippen molar-refractivity contribution in [2.75, 3.05) is 0 Å². The van der Waals surface area contributed by atoms with Crippen molar-refractivity contribution in [3.05, 3.63) is 65.3 Å². The van der Waals surface area contributed by atoms with E-state index >= 15 is 0 Å². The number of nitrogens with zero attached hydrogens (tertiary/aromatic N) is 2. The first-order chi connectivity index (χ1) is 11.6. The molecule has 0 aliphatic carbocycles. The van der Waals surface area contributed by atoms with Crippen molar-refractivity contribution in [2.45, 2.75) is 6.92 Å². The summed E-state index contributed by atoms with van der Waals surface area (Å²) < 4.78 is 20.9. The maximum Gasteiger partial charge on any atom is 0.134 e. The van der Waals surface area contributed by atoms with Crippen LogP contribution in [-0.4, -0.2) is 9.78 Å². The molecule has 0 amide bonds. The molecule has 0 N–H and O–H groups in total. The van der Waals surface area contributed by atoms with Crippen LogP contribution in [0.5, 0.6) is 0 Å². The van der Waals surface area contributed by atoms with Crippen molar-refractivity contribution in [3.63, 3.8) is 0 Å². The molecule has 3 nitrogen and oxygen atoms in total. The summed E-state index contributed by atoms with van der Waals surface area (Å²) in [6.07, 6.45) is 1.72. The minimum Gasteiger partial charge on any atom is -0.464 e. The van der Waals surface area contributed by atoms with Crippen LogP contribution in [0.15, 0.2) is 53.1 Å². The minimum atomic E-state index is -0.361. The molecule has 2 aromatic carbocycles. The van der Waals surface area contributed by atoms with Crippen LogP contribution < -0.4 is 0 Å². The molecule has 0 atom stereocenters. The first kappa shape index (κ1) is 15.0. The summed E-state index contributed by atoms with van der Waals surface area (Å²) in [4.78, 5) is 0. The van der Waals surface area contributed by atoms with Crippen molar-refractivity contribution in [3.8, 4) is 22.4 Å². The fraction of sp³-hybridized carbons (Fsp3) is 0.105. The van der Waals surface area contributed by atoms with Crippen molar-refractivity contribution in [2.24, 2.45) is 7.05 Å². The smallest absolute Gasteiger partial charge is 0.134 e. The second-order valence-corrected chi connectivity index (χ2v) is 6.11. The van der Waals surface area contributed by atoms with Gasteiger partial charge in [-0.1, -0.05) is 29.8 Å². The Morgan fingerprint density at radius 1 is 1.12 bits per heavy atom. The number of furan rings is 1. The van der Waals surface area contributed by atoms with E-state index in [0.29, 0.717) is 5.02 Å². The summed E-state index contributed by atoms with van der Waals surface area (Å²) in [5.74, 6) is -0.361. The number of hydrogen-bond donors (Lipinski definition) is 0. The fourth-order valence-corrected chi connectivity index (χ4v) is 3.40. The highest BCUT2D eigenvalue weighted by Gasteiger charge is 2.22. The summed E-state index contributed by atoms with van der Waals surface area (Å²) >= 11 is 6.30. The SMILES string of the molecule is Cc1nn(C)c(-c2coc3ccccc23)c1-c1ccc(F)cc1Cl. The second kappa shape index (κ2) is 5.49. The normalized spacial score (nSPS) is 11.3. The average molecular weight is 341 g/mol. The maximum absolute atomic E-state index is 13.4. The predicted octanol–water partition coefficient (Wildman–Crippen LogP) is 5.60. The summed E-state index contributed by atoms with van der Waals surface area (Å²) in [6.45, 7) is 1.92. The van der Waals surface area contributed by atoms with Crippen molar-refractivity contribution in [1.29, 1.82) is 0 Å². The molecule has 0 unspecified atom stereocenters. The van der Waals surface area contributed by atoms with Crippen LogP contribution in [0.3, 0.4) is 0 Å². The molecule has 0 fully saturated rings. The van der Waals surface area contributed by atoms with Crippen LogP contribution in [0.2, 0.25) is 5.02 Å². The molecule has 4 rings (SSSR count). The van der Waals surface area contributed by atoms with Gasteiger partial charge >= 0.3 is 0 Å². The molecule has 0 aliphatic rings. The lowest BCUT2D eigenvalue weighted by Gasteiger charge is -2.08. The molecule has 0 saturated heterocycles.